The third-order valence-electron chi connectivity index (χ3n) is 2.07. The summed E-state index contributed by atoms with van der Waals surface area (Å²) in [7, 11) is 1.53. The van der Waals surface area contributed by atoms with Crippen LogP contribution in [0.25, 0.3) is 0 Å². The molecule has 1 fully saturated rings. The zero-order valence-electron chi connectivity index (χ0n) is 7.67. The number of halogens is 2. The lowest BCUT2D eigenvalue weighted by molar-refractivity contribution is -0.109. The molecule has 0 bridgehead atoms. The van der Waals surface area contributed by atoms with Crippen molar-refractivity contribution in [3.05, 3.63) is 0 Å². The molecular weight excluding hydrogens is 180 g/mol. The summed E-state index contributed by atoms with van der Waals surface area (Å²) in [6, 6.07) is 0. The van der Waals surface area contributed by atoms with Gasteiger partial charge in [0.1, 0.15) is 0 Å². The number of likely N-dealkylation sites (tertiary alicyclic amines) is 1. The van der Waals surface area contributed by atoms with Gasteiger partial charge in [0, 0.05) is 26.6 Å². The van der Waals surface area contributed by atoms with Crippen LogP contribution in [-0.2, 0) is 4.74 Å². The minimum Gasteiger partial charge on any atom is -0.392 e. The van der Waals surface area contributed by atoms with Crippen molar-refractivity contribution in [2.75, 3.05) is 33.4 Å². The highest BCUT2D eigenvalue weighted by atomic mass is 19.3. The highest BCUT2D eigenvalue weighted by Crippen LogP contribution is 2.26. The lowest BCUT2D eigenvalue weighted by Crippen LogP contribution is -2.50. The zero-order valence-corrected chi connectivity index (χ0v) is 7.67. The summed E-state index contributed by atoms with van der Waals surface area (Å²) in [5, 5.41) is 9.15. The number of β-amino-alcohol motifs (C(OH)–C–C–N with tert-alkyl or cyclic N) is 1. The monoisotopic (exact) mass is 195 g/mol. The molecule has 1 N–H and O–H groups in total. The topological polar surface area (TPSA) is 32.7 Å². The fourth-order valence-electron chi connectivity index (χ4n) is 1.55. The highest BCUT2D eigenvalue weighted by molar-refractivity contribution is 4.83. The van der Waals surface area contributed by atoms with Gasteiger partial charge in [-0.1, -0.05) is 0 Å². The second-order valence-electron chi connectivity index (χ2n) is 3.44. The van der Waals surface area contributed by atoms with Crippen LogP contribution in [0, 0.1) is 0 Å². The maximum atomic E-state index is 12.9. The Morgan fingerprint density at radius 3 is 2.85 bits per heavy atom. The lowest BCUT2D eigenvalue weighted by atomic mass is 10.1. The van der Waals surface area contributed by atoms with Crippen LogP contribution in [-0.4, -0.2) is 55.4 Å². The smallest absolute Gasteiger partial charge is 0.263 e. The summed E-state index contributed by atoms with van der Waals surface area (Å²) in [6.45, 7) is 0.915. The van der Waals surface area contributed by atoms with Crippen LogP contribution in [0.4, 0.5) is 8.78 Å². The van der Waals surface area contributed by atoms with Gasteiger partial charge in [-0.25, -0.2) is 8.78 Å². The second kappa shape index (κ2) is 4.30. The number of rotatable bonds is 3. The molecule has 1 aliphatic heterocycles. The van der Waals surface area contributed by atoms with Crippen molar-refractivity contribution in [2.24, 2.45) is 0 Å². The summed E-state index contributed by atoms with van der Waals surface area (Å²) in [6.07, 6.45) is -1.34. The quantitative estimate of drug-likeness (QED) is 0.704. The van der Waals surface area contributed by atoms with E-state index in [1.807, 2.05) is 0 Å². The van der Waals surface area contributed by atoms with Crippen LogP contribution in [0.5, 0.6) is 0 Å². The molecule has 0 aromatic heterocycles. The van der Waals surface area contributed by atoms with Crippen molar-refractivity contribution in [3.63, 3.8) is 0 Å². The zero-order chi connectivity index (χ0) is 9.90. The number of methoxy groups -OCH3 is 1. The standard InChI is InChI=1S/C8H15F2NO2/c1-13-3-2-11-5-7(12)4-8(9,10)6-11/h7,12H,2-6H2,1H3. The largest absolute Gasteiger partial charge is 0.392 e. The Bertz CT molecular complexity index is 166. The number of piperidine rings is 1. The molecule has 1 atom stereocenters. The Kier molecular flexibility index (Phi) is 3.58. The average Bonchev–Trinajstić information content (AvgIpc) is 1.97. The summed E-state index contributed by atoms with van der Waals surface area (Å²) >= 11 is 0. The number of aliphatic hydroxyl groups excluding tert-OH is 1. The first kappa shape index (κ1) is 10.8. The van der Waals surface area contributed by atoms with E-state index < -0.39 is 18.4 Å². The third-order valence-corrected chi connectivity index (χ3v) is 2.07. The van der Waals surface area contributed by atoms with E-state index in [-0.39, 0.29) is 6.54 Å². The van der Waals surface area contributed by atoms with E-state index >= 15 is 0 Å². The van der Waals surface area contributed by atoms with Gasteiger partial charge in [0.2, 0.25) is 0 Å². The average molecular weight is 195 g/mol. The minimum absolute atomic E-state index is 0.270. The van der Waals surface area contributed by atoms with Gasteiger partial charge in [0.15, 0.2) is 0 Å². The van der Waals surface area contributed by atoms with E-state index in [1.165, 1.54) is 12.0 Å². The van der Waals surface area contributed by atoms with Gasteiger partial charge < -0.3 is 9.84 Å². The van der Waals surface area contributed by atoms with Crippen LogP contribution in [0.1, 0.15) is 6.42 Å². The number of hydrogen-bond acceptors (Lipinski definition) is 3. The number of nitrogens with zero attached hydrogens (tertiary/aromatic N) is 1. The first-order valence-corrected chi connectivity index (χ1v) is 4.31. The molecule has 1 unspecified atom stereocenters. The summed E-state index contributed by atoms with van der Waals surface area (Å²) in [5.74, 6) is -2.76. The number of hydrogen-bond donors (Lipinski definition) is 1. The Morgan fingerprint density at radius 1 is 1.62 bits per heavy atom. The molecule has 1 rings (SSSR count). The number of ether oxygens (including phenoxy) is 1. The van der Waals surface area contributed by atoms with Crippen LogP contribution in [0.3, 0.4) is 0 Å². The molecule has 78 valence electrons. The van der Waals surface area contributed by atoms with Crippen molar-refractivity contribution in [1.82, 2.24) is 4.90 Å². The van der Waals surface area contributed by atoms with Crippen LogP contribution in [0.2, 0.25) is 0 Å². The van der Waals surface area contributed by atoms with E-state index in [1.54, 1.807) is 0 Å². The Morgan fingerprint density at radius 2 is 2.31 bits per heavy atom. The number of aliphatic hydroxyl groups is 1. The molecule has 1 aliphatic rings. The van der Waals surface area contributed by atoms with Gasteiger partial charge in [-0.15, -0.1) is 0 Å². The van der Waals surface area contributed by atoms with Gasteiger partial charge >= 0.3 is 0 Å². The van der Waals surface area contributed by atoms with Crippen molar-refractivity contribution in [1.29, 1.82) is 0 Å². The molecule has 0 amide bonds. The SMILES string of the molecule is COCCN1CC(O)CC(F)(F)C1. The maximum absolute atomic E-state index is 12.9. The van der Waals surface area contributed by atoms with E-state index in [2.05, 4.69) is 0 Å². The molecule has 1 heterocycles. The molecule has 0 saturated carbocycles. The molecule has 1 saturated heterocycles. The Balaban J connectivity index is 2.38. The Hall–Kier alpha value is -0.260. The van der Waals surface area contributed by atoms with Crippen molar-refractivity contribution >= 4 is 0 Å². The molecule has 3 nitrogen and oxygen atoms in total. The first-order valence-electron chi connectivity index (χ1n) is 4.31. The van der Waals surface area contributed by atoms with E-state index in [4.69, 9.17) is 9.84 Å². The second-order valence-corrected chi connectivity index (χ2v) is 3.44. The maximum Gasteiger partial charge on any atom is 0.263 e. The van der Waals surface area contributed by atoms with Crippen LogP contribution >= 0.6 is 0 Å². The summed E-state index contributed by atoms with van der Waals surface area (Å²) in [4.78, 5) is 1.53. The van der Waals surface area contributed by atoms with Gasteiger partial charge in [0.05, 0.1) is 19.3 Å². The molecule has 0 radical (unpaired) electrons. The van der Waals surface area contributed by atoms with E-state index in [9.17, 15) is 8.78 Å². The lowest BCUT2D eigenvalue weighted by Gasteiger charge is -2.35. The molecule has 0 aromatic carbocycles. The van der Waals surface area contributed by atoms with Crippen molar-refractivity contribution in [3.8, 4) is 0 Å². The molecular formula is C8H15F2NO2. The normalized spacial score (nSPS) is 29.1. The van der Waals surface area contributed by atoms with Gasteiger partial charge in [-0.2, -0.15) is 0 Å². The van der Waals surface area contributed by atoms with E-state index in [0.29, 0.717) is 19.7 Å². The van der Waals surface area contributed by atoms with Gasteiger partial charge in [-0.3, -0.25) is 4.90 Å². The molecule has 13 heavy (non-hydrogen) atoms. The van der Waals surface area contributed by atoms with Crippen LogP contribution < -0.4 is 0 Å². The summed E-state index contributed by atoms with van der Waals surface area (Å²) < 4.78 is 30.6. The predicted molar refractivity (Wildman–Crippen MR) is 43.9 cm³/mol. The number of alkyl halides is 2. The minimum atomic E-state index is -2.76. The first-order chi connectivity index (χ1) is 6.03. The predicted octanol–water partition coefficient (Wildman–Crippen LogP) is 0.335. The molecule has 0 aromatic rings. The highest BCUT2D eigenvalue weighted by Gasteiger charge is 2.39. The van der Waals surface area contributed by atoms with Gasteiger partial charge in [-0.05, 0) is 0 Å². The van der Waals surface area contributed by atoms with Crippen molar-refractivity contribution < 1.29 is 18.6 Å². The molecule has 0 aliphatic carbocycles. The Labute approximate surface area is 76.3 Å². The molecule has 0 spiro atoms. The summed E-state index contributed by atoms with van der Waals surface area (Å²) in [5.41, 5.74) is 0. The third kappa shape index (κ3) is 3.54. The van der Waals surface area contributed by atoms with E-state index in [0.717, 1.165) is 0 Å². The van der Waals surface area contributed by atoms with Crippen LogP contribution in [0.15, 0.2) is 0 Å². The molecule has 5 heteroatoms. The fraction of sp³-hybridized carbons (Fsp3) is 1.00. The van der Waals surface area contributed by atoms with Crippen molar-refractivity contribution in [2.45, 2.75) is 18.4 Å². The van der Waals surface area contributed by atoms with Gasteiger partial charge in [0.25, 0.3) is 5.92 Å². The fourth-order valence-corrected chi connectivity index (χ4v) is 1.55.